The summed E-state index contributed by atoms with van der Waals surface area (Å²) >= 11 is 0. The Kier molecular flexibility index (Phi) is 4.93. The molecular formula is C11H20N4O2. The molecule has 0 radical (unpaired) electrons. The van der Waals surface area contributed by atoms with E-state index in [0.717, 1.165) is 6.42 Å². The standard InChI is InChI=1S/C11H20N4O2/c1-5-6-16-10-13-9(12)14-11(15-10)17-8(4)7(2)3/h7-8H,5-6H2,1-4H3,(H2,12,13,14,15). The molecule has 1 unspecified atom stereocenters. The van der Waals surface area contributed by atoms with Crippen molar-refractivity contribution < 1.29 is 9.47 Å². The highest BCUT2D eigenvalue weighted by Crippen LogP contribution is 2.14. The van der Waals surface area contributed by atoms with Crippen molar-refractivity contribution in [2.75, 3.05) is 12.3 Å². The Balaban J connectivity index is 2.74. The fourth-order valence-electron chi connectivity index (χ4n) is 0.966. The second kappa shape index (κ2) is 6.22. The summed E-state index contributed by atoms with van der Waals surface area (Å²) in [6, 6.07) is 0.426. The monoisotopic (exact) mass is 240 g/mol. The number of nitrogens with zero attached hydrogens (tertiary/aromatic N) is 3. The van der Waals surface area contributed by atoms with Gasteiger partial charge >= 0.3 is 12.0 Å². The highest BCUT2D eigenvalue weighted by molar-refractivity contribution is 5.20. The third kappa shape index (κ3) is 4.42. The first-order chi connectivity index (χ1) is 8.02. The van der Waals surface area contributed by atoms with E-state index >= 15 is 0 Å². The maximum absolute atomic E-state index is 5.56. The van der Waals surface area contributed by atoms with Crippen LogP contribution in [0.25, 0.3) is 0 Å². The first kappa shape index (κ1) is 13.5. The molecule has 0 aromatic carbocycles. The summed E-state index contributed by atoms with van der Waals surface area (Å²) in [6.07, 6.45) is 0.889. The van der Waals surface area contributed by atoms with E-state index in [9.17, 15) is 0 Å². The predicted molar refractivity (Wildman–Crippen MR) is 65.0 cm³/mol. The summed E-state index contributed by atoms with van der Waals surface area (Å²) in [6.45, 7) is 8.62. The van der Waals surface area contributed by atoms with Crippen LogP contribution in [0.1, 0.15) is 34.1 Å². The molecule has 0 aliphatic carbocycles. The van der Waals surface area contributed by atoms with Crippen molar-refractivity contribution in [1.29, 1.82) is 0 Å². The third-order valence-corrected chi connectivity index (χ3v) is 2.28. The summed E-state index contributed by atoms with van der Waals surface area (Å²) in [5, 5.41) is 0. The van der Waals surface area contributed by atoms with Crippen LogP contribution < -0.4 is 15.2 Å². The van der Waals surface area contributed by atoms with Crippen molar-refractivity contribution in [3.63, 3.8) is 0 Å². The van der Waals surface area contributed by atoms with Gasteiger partial charge < -0.3 is 15.2 Å². The van der Waals surface area contributed by atoms with Gasteiger partial charge in [0.05, 0.1) is 6.61 Å². The summed E-state index contributed by atoms with van der Waals surface area (Å²) < 4.78 is 10.9. The Bertz CT molecular complexity index is 357. The normalized spacial score (nSPS) is 12.5. The van der Waals surface area contributed by atoms with Gasteiger partial charge in [-0.15, -0.1) is 4.98 Å². The van der Waals surface area contributed by atoms with E-state index in [-0.39, 0.29) is 24.1 Å². The lowest BCUT2D eigenvalue weighted by molar-refractivity contribution is 0.152. The van der Waals surface area contributed by atoms with Gasteiger partial charge in [-0.05, 0) is 19.3 Å². The van der Waals surface area contributed by atoms with Crippen molar-refractivity contribution >= 4 is 5.95 Å². The Hall–Kier alpha value is -1.59. The van der Waals surface area contributed by atoms with E-state index in [0.29, 0.717) is 12.5 Å². The molecule has 6 nitrogen and oxygen atoms in total. The minimum absolute atomic E-state index is 0.0100. The van der Waals surface area contributed by atoms with E-state index in [4.69, 9.17) is 15.2 Å². The zero-order valence-corrected chi connectivity index (χ0v) is 10.8. The molecule has 1 atom stereocenters. The Morgan fingerprint density at radius 3 is 2.35 bits per heavy atom. The average molecular weight is 240 g/mol. The Morgan fingerprint density at radius 2 is 1.76 bits per heavy atom. The number of anilines is 1. The number of hydrogen-bond donors (Lipinski definition) is 1. The SMILES string of the molecule is CCCOc1nc(N)nc(OC(C)C(C)C)n1. The molecule has 0 spiro atoms. The van der Waals surface area contributed by atoms with Crippen molar-refractivity contribution in [3.8, 4) is 12.0 Å². The van der Waals surface area contributed by atoms with Gasteiger partial charge in [0.2, 0.25) is 5.95 Å². The van der Waals surface area contributed by atoms with Crippen LogP contribution in [0.4, 0.5) is 5.95 Å². The predicted octanol–water partition coefficient (Wildman–Crippen LogP) is 1.67. The second-order valence-corrected chi connectivity index (χ2v) is 4.17. The topological polar surface area (TPSA) is 83.2 Å². The minimum atomic E-state index is 0.0100. The second-order valence-electron chi connectivity index (χ2n) is 4.17. The minimum Gasteiger partial charge on any atom is -0.463 e. The molecule has 0 amide bonds. The number of nitrogen functional groups attached to an aromatic ring is 1. The quantitative estimate of drug-likeness (QED) is 0.814. The van der Waals surface area contributed by atoms with E-state index < -0.39 is 0 Å². The van der Waals surface area contributed by atoms with Crippen molar-refractivity contribution in [1.82, 2.24) is 15.0 Å². The van der Waals surface area contributed by atoms with Gasteiger partial charge in [-0.25, -0.2) is 0 Å². The van der Waals surface area contributed by atoms with Gasteiger partial charge in [-0.1, -0.05) is 20.8 Å². The number of rotatable bonds is 6. The van der Waals surface area contributed by atoms with Crippen LogP contribution in [0, 0.1) is 5.92 Å². The van der Waals surface area contributed by atoms with Crippen LogP contribution in [-0.4, -0.2) is 27.7 Å². The summed E-state index contributed by atoms with van der Waals surface area (Å²) in [5.74, 6) is 0.477. The molecule has 96 valence electrons. The van der Waals surface area contributed by atoms with Crippen LogP contribution in [0.3, 0.4) is 0 Å². The highest BCUT2D eigenvalue weighted by atomic mass is 16.5. The summed E-state index contributed by atoms with van der Waals surface area (Å²) in [4.78, 5) is 11.8. The molecule has 6 heteroatoms. The molecule has 2 N–H and O–H groups in total. The molecule has 0 aliphatic heterocycles. The fourth-order valence-corrected chi connectivity index (χ4v) is 0.966. The van der Waals surface area contributed by atoms with Gasteiger partial charge in [0.15, 0.2) is 0 Å². The fraction of sp³-hybridized carbons (Fsp3) is 0.727. The highest BCUT2D eigenvalue weighted by Gasteiger charge is 2.13. The first-order valence-corrected chi connectivity index (χ1v) is 5.84. The van der Waals surface area contributed by atoms with E-state index in [1.54, 1.807) is 0 Å². The molecule has 0 bridgehead atoms. The molecule has 1 aromatic heterocycles. The molecular weight excluding hydrogens is 220 g/mol. The zero-order chi connectivity index (χ0) is 12.8. The number of nitrogens with two attached hydrogens (primary N) is 1. The van der Waals surface area contributed by atoms with Gasteiger partial charge in [0.1, 0.15) is 6.10 Å². The van der Waals surface area contributed by atoms with Crippen LogP contribution in [0.5, 0.6) is 12.0 Å². The largest absolute Gasteiger partial charge is 0.463 e. The number of ether oxygens (including phenoxy) is 2. The summed E-state index contributed by atoms with van der Waals surface area (Å²) in [7, 11) is 0. The van der Waals surface area contributed by atoms with Crippen LogP contribution >= 0.6 is 0 Å². The molecule has 0 fully saturated rings. The Labute approximate surface area is 102 Å². The van der Waals surface area contributed by atoms with Gasteiger partial charge in [-0.2, -0.15) is 9.97 Å². The molecule has 0 saturated heterocycles. The van der Waals surface area contributed by atoms with E-state index in [1.165, 1.54) is 0 Å². The van der Waals surface area contributed by atoms with E-state index in [2.05, 4.69) is 28.8 Å². The van der Waals surface area contributed by atoms with Gasteiger partial charge in [0.25, 0.3) is 0 Å². The lowest BCUT2D eigenvalue weighted by Gasteiger charge is -2.16. The molecule has 17 heavy (non-hydrogen) atoms. The number of aromatic nitrogens is 3. The smallest absolute Gasteiger partial charge is 0.324 e. The first-order valence-electron chi connectivity index (χ1n) is 5.84. The van der Waals surface area contributed by atoms with Gasteiger partial charge in [-0.3, -0.25) is 0 Å². The molecule has 1 rings (SSSR count). The van der Waals surface area contributed by atoms with Crippen LogP contribution in [0.2, 0.25) is 0 Å². The van der Waals surface area contributed by atoms with E-state index in [1.807, 2.05) is 13.8 Å². The maximum Gasteiger partial charge on any atom is 0.324 e. The average Bonchev–Trinajstić information content (AvgIpc) is 2.25. The van der Waals surface area contributed by atoms with Crippen LogP contribution in [0.15, 0.2) is 0 Å². The number of hydrogen-bond acceptors (Lipinski definition) is 6. The van der Waals surface area contributed by atoms with Crippen molar-refractivity contribution in [2.45, 2.75) is 40.2 Å². The molecule has 1 aromatic rings. The lowest BCUT2D eigenvalue weighted by atomic mass is 10.1. The van der Waals surface area contributed by atoms with Crippen molar-refractivity contribution in [2.24, 2.45) is 5.92 Å². The lowest BCUT2D eigenvalue weighted by Crippen LogP contribution is -2.20. The molecule has 0 aliphatic rings. The molecule has 0 saturated carbocycles. The van der Waals surface area contributed by atoms with Crippen LogP contribution in [-0.2, 0) is 0 Å². The van der Waals surface area contributed by atoms with Gasteiger partial charge in [0, 0.05) is 0 Å². The zero-order valence-electron chi connectivity index (χ0n) is 10.8. The molecule has 1 heterocycles. The third-order valence-electron chi connectivity index (χ3n) is 2.28. The maximum atomic E-state index is 5.56. The summed E-state index contributed by atoms with van der Waals surface area (Å²) in [5.41, 5.74) is 5.56. The van der Waals surface area contributed by atoms with Crippen molar-refractivity contribution in [3.05, 3.63) is 0 Å². The Morgan fingerprint density at radius 1 is 1.12 bits per heavy atom.